The van der Waals surface area contributed by atoms with E-state index in [4.69, 9.17) is 18.0 Å². The maximum Gasteiger partial charge on any atom is 0.0818 e. The van der Waals surface area contributed by atoms with Crippen LogP contribution in [0.1, 0.15) is 69.8 Å². The first-order valence-corrected chi connectivity index (χ1v) is 11.1. The zero-order chi connectivity index (χ0) is 17.8. The first-order valence-electron chi connectivity index (χ1n) is 10.7. The fourth-order valence-corrected chi connectivity index (χ4v) is 7.67. The van der Waals surface area contributed by atoms with Gasteiger partial charge in [-0.15, -0.1) is 0 Å². The zero-order valence-electron chi connectivity index (χ0n) is 15.8. The van der Waals surface area contributed by atoms with E-state index in [1.54, 1.807) is 5.56 Å². The highest BCUT2D eigenvalue weighted by Crippen LogP contribution is 2.66. The van der Waals surface area contributed by atoms with E-state index < -0.39 is 0 Å². The molecule has 2 nitrogen and oxygen atoms in total. The summed E-state index contributed by atoms with van der Waals surface area (Å²) in [5.74, 6) is 1.74. The van der Waals surface area contributed by atoms with Gasteiger partial charge >= 0.3 is 0 Å². The fraction of sp³-hybridized carbons (Fsp3) is 0.696. The number of benzene rings is 1. The molecule has 5 saturated carbocycles. The third-order valence-corrected chi connectivity index (χ3v) is 8.59. The van der Waals surface area contributed by atoms with Gasteiger partial charge in [0.15, 0.2) is 0 Å². The van der Waals surface area contributed by atoms with Crippen LogP contribution in [0.25, 0.3) is 0 Å². The Balaban J connectivity index is 1.39. The van der Waals surface area contributed by atoms with Gasteiger partial charge in [0.1, 0.15) is 0 Å². The van der Waals surface area contributed by atoms with Crippen molar-refractivity contribution < 1.29 is 0 Å². The molecule has 5 aliphatic carbocycles. The maximum atomic E-state index is 6.11. The molecule has 1 aromatic carbocycles. The van der Waals surface area contributed by atoms with Crippen LogP contribution in [0.15, 0.2) is 30.3 Å². The SMILES string of the molecule is NC1CCC(NC(=S)C23CC4CC(C2)CC(c2ccccc2)(C4)C3)CC1. The molecule has 5 fully saturated rings. The van der Waals surface area contributed by atoms with E-state index in [9.17, 15) is 0 Å². The molecular formula is C23H32N2S. The molecule has 0 spiro atoms. The second-order valence-corrected chi connectivity index (χ2v) is 10.4. The summed E-state index contributed by atoms with van der Waals surface area (Å²) in [4.78, 5) is 1.20. The topological polar surface area (TPSA) is 38.0 Å². The molecule has 4 bridgehead atoms. The van der Waals surface area contributed by atoms with Crippen LogP contribution in [0, 0.1) is 17.3 Å². The highest BCUT2D eigenvalue weighted by molar-refractivity contribution is 7.80. The summed E-state index contributed by atoms with van der Waals surface area (Å²) in [5, 5.41) is 3.84. The smallest absolute Gasteiger partial charge is 0.0818 e. The van der Waals surface area contributed by atoms with Gasteiger partial charge in [0, 0.05) is 17.5 Å². The minimum absolute atomic E-state index is 0.259. The van der Waals surface area contributed by atoms with Gasteiger partial charge in [-0.1, -0.05) is 42.5 Å². The van der Waals surface area contributed by atoms with Gasteiger partial charge in [-0.05, 0) is 87.0 Å². The van der Waals surface area contributed by atoms with Crippen molar-refractivity contribution in [2.24, 2.45) is 23.0 Å². The lowest BCUT2D eigenvalue weighted by atomic mass is 9.43. The number of rotatable bonds is 3. The highest BCUT2D eigenvalue weighted by Gasteiger charge is 2.59. The van der Waals surface area contributed by atoms with Crippen LogP contribution in [-0.2, 0) is 5.41 Å². The van der Waals surface area contributed by atoms with E-state index in [0.717, 1.165) is 24.7 Å². The molecule has 0 aromatic heterocycles. The maximum absolute atomic E-state index is 6.11. The van der Waals surface area contributed by atoms with Crippen LogP contribution in [0.2, 0.25) is 0 Å². The van der Waals surface area contributed by atoms with E-state index in [-0.39, 0.29) is 5.41 Å². The van der Waals surface area contributed by atoms with Crippen LogP contribution < -0.4 is 11.1 Å². The van der Waals surface area contributed by atoms with E-state index in [0.29, 0.717) is 17.5 Å². The van der Waals surface area contributed by atoms with E-state index >= 15 is 0 Å². The molecule has 6 rings (SSSR count). The van der Waals surface area contributed by atoms with Crippen molar-refractivity contribution >= 4 is 17.2 Å². The molecule has 1 aromatic rings. The Morgan fingerprint density at radius 1 is 0.962 bits per heavy atom. The van der Waals surface area contributed by atoms with Crippen LogP contribution in [0.4, 0.5) is 0 Å². The number of nitrogens with two attached hydrogens (primary N) is 1. The second-order valence-electron chi connectivity index (χ2n) is 9.97. The first kappa shape index (κ1) is 17.2. The molecule has 0 heterocycles. The number of hydrogen-bond acceptors (Lipinski definition) is 2. The standard InChI is InChI=1S/C23H32N2S/c24-19-6-8-20(9-7-19)25-21(26)23-13-16-10-17(14-23)12-22(11-16,15-23)18-4-2-1-3-5-18/h1-5,16-17,19-20H,6-15,24H2,(H,25,26). The van der Waals surface area contributed by atoms with Gasteiger partial charge < -0.3 is 11.1 Å². The molecule has 140 valence electrons. The Bertz CT molecular complexity index is 663. The summed E-state index contributed by atoms with van der Waals surface area (Å²) in [6.07, 6.45) is 12.8. The number of nitrogens with one attached hydrogen (secondary N) is 1. The molecule has 0 saturated heterocycles. The molecule has 2 unspecified atom stereocenters. The van der Waals surface area contributed by atoms with Gasteiger partial charge in [0.2, 0.25) is 0 Å². The van der Waals surface area contributed by atoms with Gasteiger partial charge in [-0.2, -0.15) is 0 Å². The fourth-order valence-electron chi connectivity index (χ4n) is 7.26. The van der Waals surface area contributed by atoms with Crippen molar-refractivity contribution in [1.29, 1.82) is 0 Å². The molecule has 26 heavy (non-hydrogen) atoms. The summed E-state index contributed by atoms with van der Waals surface area (Å²) >= 11 is 6.11. The van der Waals surface area contributed by atoms with Crippen molar-refractivity contribution in [3.05, 3.63) is 35.9 Å². The lowest BCUT2D eigenvalue weighted by molar-refractivity contribution is -0.0355. The van der Waals surface area contributed by atoms with Crippen molar-refractivity contribution in [3.63, 3.8) is 0 Å². The minimum atomic E-state index is 0.259. The molecular weight excluding hydrogens is 336 g/mol. The highest BCUT2D eigenvalue weighted by atomic mass is 32.1. The summed E-state index contributed by atoms with van der Waals surface area (Å²) in [7, 11) is 0. The third kappa shape index (κ3) is 2.82. The summed E-state index contributed by atoms with van der Waals surface area (Å²) in [6.45, 7) is 0. The first-order chi connectivity index (χ1) is 12.6. The van der Waals surface area contributed by atoms with Crippen molar-refractivity contribution in [2.45, 2.75) is 81.7 Å². The van der Waals surface area contributed by atoms with Gasteiger partial charge in [0.25, 0.3) is 0 Å². The quantitative estimate of drug-likeness (QED) is 0.759. The van der Waals surface area contributed by atoms with Crippen LogP contribution >= 0.6 is 12.2 Å². The Morgan fingerprint density at radius 3 is 2.27 bits per heavy atom. The van der Waals surface area contributed by atoms with Crippen molar-refractivity contribution in [1.82, 2.24) is 5.32 Å². The predicted molar refractivity (Wildman–Crippen MR) is 111 cm³/mol. The Labute approximate surface area is 163 Å². The number of thiocarbonyl (C=S) groups is 1. The molecule has 0 radical (unpaired) electrons. The molecule has 0 amide bonds. The summed E-state index contributed by atoms with van der Waals surface area (Å²) in [5.41, 5.74) is 8.31. The van der Waals surface area contributed by atoms with E-state index in [1.807, 2.05) is 0 Å². The van der Waals surface area contributed by atoms with Crippen molar-refractivity contribution in [3.8, 4) is 0 Å². The molecule has 5 aliphatic rings. The van der Waals surface area contributed by atoms with Gasteiger partial charge in [-0.3, -0.25) is 0 Å². The molecule has 3 N–H and O–H groups in total. The molecule has 3 heteroatoms. The van der Waals surface area contributed by atoms with E-state index in [1.165, 1.54) is 56.4 Å². The molecule has 2 atom stereocenters. The van der Waals surface area contributed by atoms with Gasteiger partial charge in [0.05, 0.1) is 4.99 Å². The largest absolute Gasteiger partial charge is 0.376 e. The Morgan fingerprint density at radius 2 is 1.62 bits per heavy atom. The average Bonchev–Trinajstić information content (AvgIpc) is 2.63. The van der Waals surface area contributed by atoms with Gasteiger partial charge in [-0.25, -0.2) is 0 Å². The third-order valence-electron chi connectivity index (χ3n) is 8.04. The van der Waals surface area contributed by atoms with Crippen molar-refractivity contribution in [2.75, 3.05) is 0 Å². The van der Waals surface area contributed by atoms with E-state index in [2.05, 4.69) is 35.6 Å². The predicted octanol–water partition coefficient (Wildman–Crippen LogP) is 4.71. The Kier molecular flexibility index (Phi) is 4.17. The summed E-state index contributed by atoms with van der Waals surface area (Å²) < 4.78 is 0. The lowest BCUT2D eigenvalue weighted by Crippen LogP contribution is -2.59. The lowest BCUT2D eigenvalue weighted by Gasteiger charge is -2.62. The zero-order valence-corrected chi connectivity index (χ0v) is 16.6. The van der Waals surface area contributed by atoms with Crippen LogP contribution in [0.3, 0.4) is 0 Å². The minimum Gasteiger partial charge on any atom is -0.376 e. The normalized spacial score (nSPS) is 44.0. The van der Waals surface area contributed by atoms with Crippen LogP contribution in [-0.4, -0.2) is 17.1 Å². The molecule has 0 aliphatic heterocycles. The monoisotopic (exact) mass is 368 g/mol. The number of hydrogen-bond donors (Lipinski definition) is 2. The Hall–Kier alpha value is -0.930. The summed E-state index contributed by atoms with van der Waals surface area (Å²) in [6, 6.07) is 12.3. The van der Waals surface area contributed by atoms with Crippen LogP contribution in [0.5, 0.6) is 0 Å². The second kappa shape index (κ2) is 6.31. The average molecular weight is 369 g/mol.